The summed E-state index contributed by atoms with van der Waals surface area (Å²) in [7, 11) is 0. The number of hydrogen-bond donors (Lipinski definition) is 0. The van der Waals surface area contributed by atoms with E-state index in [0.29, 0.717) is 19.3 Å². The Morgan fingerprint density at radius 2 is 0.470 bits per heavy atom. The number of ether oxygens (including phenoxy) is 3. The quantitative estimate of drug-likeness (QED) is 0.0261. The summed E-state index contributed by atoms with van der Waals surface area (Å²) in [4.78, 5) is 38.1. The van der Waals surface area contributed by atoms with Crippen molar-refractivity contribution in [2.24, 2.45) is 0 Å². The molecule has 0 rings (SSSR count). The van der Waals surface area contributed by atoms with E-state index in [2.05, 4.69) is 167 Å². The van der Waals surface area contributed by atoms with Crippen molar-refractivity contribution in [3.63, 3.8) is 0 Å². The van der Waals surface area contributed by atoms with Gasteiger partial charge in [0.25, 0.3) is 0 Å². The first kappa shape index (κ1) is 78.3. The van der Waals surface area contributed by atoms with Crippen molar-refractivity contribution in [2.45, 2.75) is 309 Å². The van der Waals surface area contributed by atoms with Gasteiger partial charge < -0.3 is 14.2 Å². The molecule has 0 amide bonds. The average molecular weight is 1150 g/mol. The van der Waals surface area contributed by atoms with E-state index in [4.69, 9.17) is 14.2 Å². The molecule has 0 spiro atoms. The van der Waals surface area contributed by atoms with Gasteiger partial charge in [-0.25, -0.2) is 0 Å². The number of unbranched alkanes of at least 4 members (excludes halogenated alkanes) is 26. The maximum Gasteiger partial charge on any atom is 0.306 e. The Kier molecular flexibility index (Phi) is 65.8. The monoisotopic (exact) mass is 1150 g/mol. The van der Waals surface area contributed by atoms with Crippen molar-refractivity contribution in [2.75, 3.05) is 13.2 Å². The molecule has 0 saturated heterocycles. The minimum atomic E-state index is -0.803. The maximum atomic E-state index is 12.9. The van der Waals surface area contributed by atoms with Crippen LogP contribution in [0.3, 0.4) is 0 Å². The molecule has 0 heterocycles. The summed E-state index contributed by atoms with van der Waals surface area (Å²) in [5.41, 5.74) is 0. The minimum Gasteiger partial charge on any atom is -0.462 e. The highest BCUT2D eigenvalue weighted by Crippen LogP contribution is 2.16. The van der Waals surface area contributed by atoms with Crippen molar-refractivity contribution in [3.8, 4) is 0 Å². The number of esters is 3. The number of carbonyl (C=O) groups excluding carboxylic acids is 3. The maximum absolute atomic E-state index is 12.9. The molecule has 0 bridgehead atoms. The Bertz CT molecular complexity index is 1800. The number of carbonyl (C=O) groups is 3. The van der Waals surface area contributed by atoms with E-state index >= 15 is 0 Å². The standard InChI is InChI=1S/C77H126O6/c1-4-7-10-13-16-18-20-22-24-26-28-30-32-34-36-37-38-39-41-42-44-46-48-50-52-54-56-58-61-64-67-70-76(79)82-73-74(72-81-75(78)69-66-63-60-15-12-9-6-3)83-77(80)71-68-65-62-59-57-55-53-51-49-47-45-43-40-35-33-31-29-27-25-23-21-19-17-14-11-8-5-2/h7-8,10-11,16-19,22-25,28-31,35,40,45,47,51,53,57,59,74H,4-6,9,12-15,20-21,26-27,32-34,36-39,41-44,46,48-50,52,54-56,58,60-73H2,1-3H3/b10-7-,11-8-,18-16-,19-17-,24-22-,25-23-,30-28-,31-29-,40-35-,47-45-,53-51-,59-57-. The highest BCUT2D eigenvalue weighted by Gasteiger charge is 2.19. The Morgan fingerprint density at radius 3 is 0.759 bits per heavy atom. The normalized spacial score (nSPS) is 13.0. The van der Waals surface area contributed by atoms with Crippen LogP contribution in [0, 0.1) is 0 Å². The zero-order chi connectivity index (χ0) is 59.9. The molecule has 0 fully saturated rings. The van der Waals surface area contributed by atoms with Gasteiger partial charge in [-0.05, 0) is 122 Å². The van der Waals surface area contributed by atoms with Gasteiger partial charge in [0.05, 0.1) is 0 Å². The zero-order valence-electron chi connectivity index (χ0n) is 53.9. The van der Waals surface area contributed by atoms with Crippen molar-refractivity contribution in [3.05, 3.63) is 146 Å². The van der Waals surface area contributed by atoms with Gasteiger partial charge in [0, 0.05) is 19.3 Å². The fourth-order valence-electron chi connectivity index (χ4n) is 9.27. The molecule has 1 atom stereocenters. The molecule has 6 nitrogen and oxygen atoms in total. The van der Waals surface area contributed by atoms with Crippen LogP contribution in [0.25, 0.3) is 0 Å². The van der Waals surface area contributed by atoms with Gasteiger partial charge in [0.1, 0.15) is 13.2 Å². The summed E-state index contributed by atoms with van der Waals surface area (Å²) in [5.74, 6) is -0.944. The largest absolute Gasteiger partial charge is 0.462 e. The minimum absolute atomic E-state index is 0.0970. The topological polar surface area (TPSA) is 78.9 Å². The molecule has 0 saturated carbocycles. The summed E-state index contributed by atoms with van der Waals surface area (Å²) >= 11 is 0. The van der Waals surface area contributed by atoms with Gasteiger partial charge in [-0.15, -0.1) is 0 Å². The van der Waals surface area contributed by atoms with Crippen LogP contribution in [0.2, 0.25) is 0 Å². The molecule has 0 aromatic heterocycles. The van der Waals surface area contributed by atoms with Crippen molar-refractivity contribution in [1.82, 2.24) is 0 Å². The van der Waals surface area contributed by atoms with E-state index in [1.807, 2.05) is 0 Å². The van der Waals surface area contributed by atoms with Gasteiger partial charge in [-0.1, -0.05) is 308 Å². The molecule has 1 unspecified atom stereocenters. The first-order valence-electron chi connectivity index (χ1n) is 34.3. The first-order chi connectivity index (χ1) is 41.0. The molecule has 0 aromatic rings. The molecule has 0 aromatic carbocycles. The van der Waals surface area contributed by atoms with Crippen LogP contribution < -0.4 is 0 Å². The van der Waals surface area contributed by atoms with E-state index in [9.17, 15) is 14.4 Å². The highest BCUT2D eigenvalue weighted by atomic mass is 16.6. The summed E-state index contributed by atoms with van der Waals surface area (Å²) in [6.45, 7) is 6.35. The lowest BCUT2D eigenvalue weighted by Gasteiger charge is -2.18. The second-order valence-corrected chi connectivity index (χ2v) is 22.3. The summed E-state index contributed by atoms with van der Waals surface area (Å²) < 4.78 is 16.8. The van der Waals surface area contributed by atoms with Crippen LogP contribution in [0.1, 0.15) is 303 Å². The second-order valence-electron chi connectivity index (χ2n) is 22.3. The van der Waals surface area contributed by atoms with Crippen molar-refractivity contribution < 1.29 is 28.6 Å². The first-order valence-corrected chi connectivity index (χ1v) is 34.3. The zero-order valence-corrected chi connectivity index (χ0v) is 53.9. The summed E-state index contributed by atoms with van der Waals surface area (Å²) in [6.07, 6.45) is 100. The van der Waals surface area contributed by atoms with Crippen LogP contribution in [0.5, 0.6) is 0 Å². The fraction of sp³-hybridized carbons (Fsp3) is 0.649. The molecule has 0 aliphatic carbocycles. The molecule has 0 aliphatic heterocycles. The third-order valence-corrected chi connectivity index (χ3v) is 14.3. The lowest BCUT2D eigenvalue weighted by molar-refractivity contribution is -0.167. The molecule has 0 N–H and O–H groups in total. The summed E-state index contributed by atoms with van der Waals surface area (Å²) in [6, 6.07) is 0. The van der Waals surface area contributed by atoms with Gasteiger partial charge in [0.2, 0.25) is 0 Å². The molecule has 0 radical (unpaired) electrons. The molecular formula is C77H126O6. The lowest BCUT2D eigenvalue weighted by atomic mass is 10.0. The van der Waals surface area contributed by atoms with Gasteiger partial charge in [0.15, 0.2) is 6.10 Å². The van der Waals surface area contributed by atoms with Crippen LogP contribution >= 0.6 is 0 Å². The van der Waals surface area contributed by atoms with E-state index in [0.717, 1.165) is 128 Å². The molecule has 6 heteroatoms. The predicted molar refractivity (Wildman–Crippen MR) is 362 cm³/mol. The second kappa shape index (κ2) is 69.8. The molecular weight excluding hydrogens is 1020 g/mol. The number of rotatable bonds is 61. The van der Waals surface area contributed by atoms with E-state index < -0.39 is 6.10 Å². The molecule has 0 aliphatic rings. The van der Waals surface area contributed by atoms with E-state index in [-0.39, 0.29) is 37.5 Å². The fourth-order valence-corrected chi connectivity index (χ4v) is 9.27. The van der Waals surface area contributed by atoms with E-state index in [1.54, 1.807) is 0 Å². The van der Waals surface area contributed by atoms with Gasteiger partial charge in [-0.2, -0.15) is 0 Å². The van der Waals surface area contributed by atoms with Crippen molar-refractivity contribution >= 4 is 17.9 Å². The summed E-state index contributed by atoms with van der Waals surface area (Å²) in [5, 5.41) is 0. The third kappa shape index (κ3) is 68.0. The van der Waals surface area contributed by atoms with Crippen LogP contribution in [-0.4, -0.2) is 37.2 Å². The Morgan fingerprint density at radius 1 is 0.253 bits per heavy atom. The van der Waals surface area contributed by atoms with Crippen LogP contribution in [0.15, 0.2) is 146 Å². The molecule has 470 valence electrons. The van der Waals surface area contributed by atoms with E-state index in [1.165, 1.54) is 128 Å². The van der Waals surface area contributed by atoms with Gasteiger partial charge >= 0.3 is 17.9 Å². The third-order valence-electron chi connectivity index (χ3n) is 14.3. The smallest absolute Gasteiger partial charge is 0.306 e. The SMILES string of the molecule is CC/C=C\C/C=C\C/C=C\C/C=C\C/C=C\C/C=C\C/C=C\C/C=C\CCCCC(=O)OC(COC(=O)CCCCCCCCC)COC(=O)CCCCCCCCCCCCCCCCCCCC/C=C\C/C=C\C/C=C\C/C=C\CC. The Labute approximate surface area is 512 Å². The van der Waals surface area contributed by atoms with Crippen LogP contribution in [-0.2, 0) is 28.6 Å². The average Bonchev–Trinajstić information content (AvgIpc) is 3.49. The lowest BCUT2D eigenvalue weighted by Crippen LogP contribution is -2.30. The molecule has 83 heavy (non-hydrogen) atoms. The van der Waals surface area contributed by atoms with Crippen molar-refractivity contribution in [1.29, 1.82) is 0 Å². The van der Waals surface area contributed by atoms with Crippen LogP contribution in [0.4, 0.5) is 0 Å². The number of hydrogen-bond acceptors (Lipinski definition) is 6. The highest BCUT2D eigenvalue weighted by molar-refractivity contribution is 5.71. The Hall–Kier alpha value is -4.71. The predicted octanol–water partition coefficient (Wildman–Crippen LogP) is 23.9. The Balaban J connectivity index is 4.17. The number of allylic oxidation sites excluding steroid dienone is 24. The van der Waals surface area contributed by atoms with Gasteiger partial charge in [-0.3, -0.25) is 14.4 Å².